The SMILES string of the molecule is CCCn1c(CC)nc(-c2cc(F)c(F)c(F)c2)c1N. The summed E-state index contributed by atoms with van der Waals surface area (Å²) in [6, 6.07) is 1.82. The Morgan fingerprint density at radius 2 is 1.75 bits per heavy atom. The molecule has 0 aliphatic rings. The van der Waals surface area contributed by atoms with Gasteiger partial charge in [0, 0.05) is 18.5 Å². The molecule has 1 aromatic heterocycles. The molecule has 3 nitrogen and oxygen atoms in total. The third kappa shape index (κ3) is 2.37. The van der Waals surface area contributed by atoms with Crippen LogP contribution in [0.15, 0.2) is 12.1 Å². The molecule has 2 N–H and O–H groups in total. The number of hydrogen-bond donors (Lipinski definition) is 1. The zero-order valence-corrected chi connectivity index (χ0v) is 11.4. The molecule has 0 saturated carbocycles. The second kappa shape index (κ2) is 5.56. The van der Waals surface area contributed by atoms with Gasteiger partial charge < -0.3 is 10.3 Å². The molecule has 1 aromatic carbocycles. The Balaban J connectivity index is 2.58. The fourth-order valence-electron chi connectivity index (χ4n) is 2.16. The zero-order chi connectivity index (χ0) is 14.9. The Morgan fingerprint density at radius 3 is 2.25 bits per heavy atom. The highest BCUT2D eigenvalue weighted by Gasteiger charge is 2.18. The second-order valence-corrected chi connectivity index (χ2v) is 4.52. The van der Waals surface area contributed by atoms with Gasteiger partial charge in [-0.15, -0.1) is 0 Å². The molecule has 0 amide bonds. The van der Waals surface area contributed by atoms with Crippen molar-refractivity contribution in [3.05, 3.63) is 35.4 Å². The van der Waals surface area contributed by atoms with Crippen molar-refractivity contribution in [1.29, 1.82) is 0 Å². The maximum atomic E-state index is 13.3. The number of imidazole rings is 1. The van der Waals surface area contributed by atoms with E-state index in [0.29, 0.717) is 18.8 Å². The first-order valence-electron chi connectivity index (χ1n) is 6.49. The normalized spacial score (nSPS) is 11.1. The summed E-state index contributed by atoms with van der Waals surface area (Å²) >= 11 is 0. The van der Waals surface area contributed by atoms with E-state index in [1.54, 1.807) is 0 Å². The van der Waals surface area contributed by atoms with E-state index >= 15 is 0 Å². The van der Waals surface area contributed by atoms with Crippen molar-refractivity contribution in [3.8, 4) is 11.3 Å². The van der Waals surface area contributed by atoms with Gasteiger partial charge in [-0.05, 0) is 18.6 Å². The molecule has 0 unspecified atom stereocenters. The van der Waals surface area contributed by atoms with Crippen LogP contribution in [0.3, 0.4) is 0 Å². The molecule has 0 spiro atoms. The predicted molar refractivity (Wildman–Crippen MR) is 71.6 cm³/mol. The minimum Gasteiger partial charge on any atom is -0.383 e. The number of hydrogen-bond acceptors (Lipinski definition) is 2. The van der Waals surface area contributed by atoms with Crippen molar-refractivity contribution in [3.63, 3.8) is 0 Å². The highest BCUT2D eigenvalue weighted by Crippen LogP contribution is 2.29. The van der Waals surface area contributed by atoms with Crippen LogP contribution in [0.2, 0.25) is 0 Å². The van der Waals surface area contributed by atoms with Gasteiger partial charge in [0.1, 0.15) is 17.3 Å². The molecule has 20 heavy (non-hydrogen) atoms. The Morgan fingerprint density at radius 1 is 1.15 bits per heavy atom. The van der Waals surface area contributed by atoms with Gasteiger partial charge in [0.15, 0.2) is 17.5 Å². The minimum atomic E-state index is -1.49. The van der Waals surface area contributed by atoms with E-state index in [-0.39, 0.29) is 11.3 Å². The standard InChI is InChI=1S/C14H16F3N3/c1-3-5-20-11(4-2)19-13(14(20)18)8-6-9(15)12(17)10(16)7-8/h6-7H,3-5,18H2,1-2H3. The van der Waals surface area contributed by atoms with Crippen molar-refractivity contribution < 1.29 is 13.2 Å². The molecule has 0 saturated heterocycles. The first kappa shape index (κ1) is 14.4. The van der Waals surface area contributed by atoms with Crippen LogP contribution in [0.4, 0.5) is 19.0 Å². The molecule has 6 heteroatoms. The Hall–Kier alpha value is -1.98. The van der Waals surface area contributed by atoms with E-state index in [1.807, 2.05) is 18.4 Å². The number of nitrogen functional groups attached to an aromatic ring is 1. The third-order valence-corrected chi connectivity index (χ3v) is 3.11. The monoisotopic (exact) mass is 283 g/mol. The summed E-state index contributed by atoms with van der Waals surface area (Å²) in [5, 5.41) is 0. The largest absolute Gasteiger partial charge is 0.383 e. The van der Waals surface area contributed by atoms with Gasteiger partial charge in [0.25, 0.3) is 0 Å². The summed E-state index contributed by atoms with van der Waals surface area (Å²) in [6.07, 6.45) is 1.51. The molecule has 0 atom stereocenters. The summed E-state index contributed by atoms with van der Waals surface area (Å²) in [5.41, 5.74) is 6.43. The predicted octanol–water partition coefficient (Wildman–Crippen LogP) is 3.52. The van der Waals surface area contributed by atoms with Crippen LogP contribution in [-0.2, 0) is 13.0 Å². The van der Waals surface area contributed by atoms with Crippen molar-refractivity contribution in [1.82, 2.24) is 9.55 Å². The quantitative estimate of drug-likeness (QED) is 0.872. The van der Waals surface area contributed by atoms with E-state index in [4.69, 9.17) is 5.73 Å². The van der Waals surface area contributed by atoms with E-state index in [9.17, 15) is 13.2 Å². The molecule has 0 radical (unpaired) electrons. The summed E-state index contributed by atoms with van der Waals surface area (Å²) < 4.78 is 41.4. The van der Waals surface area contributed by atoms with Crippen LogP contribution in [-0.4, -0.2) is 9.55 Å². The molecule has 0 bridgehead atoms. The third-order valence-electron chi connectivity index (χ3n) is 3.11. The maximum absolute atomic E-state index is 13.3. The highest BCUT2D eigenvalue weighted by molar-refractivity contribution is 5.71. The zero-order valence-electron chi connectivity index (χ0n) is 11.4. The van der Waals surface area contributed by atoms with Gasteiger partial charge in [-0.2, -0.15) is 0 Å². The fourth-order valence-corrected chi connectivity index (χ4v) is 2.16. The number of anilines is 1. The first-order valence-corrected chi connectivity index (χ1v) is 6.49. The van der Waals surface area contributed by atoms with Crippen molar-refractivity contribution in [2.24, 2.45) is 0 Å². The number of nitrogens with two attached hydrogens (primary N) is 1. The van der Waals surface area contributed by atoms with Gasteiger partial charge >= 0.3 is 0 Å². The van der Waals surface area contributed by atoms with E-state index in [2.05, 4.69) is 4.98 Å². The van der Waals surface area contributed by atoms with Crippen LogP contribution in [0.1, 0.15) is 26.1 Å². The lowest BCUT2D eigenvalue weighted by Crippen LogP contribution is -2.06. The maximum Gasteiger partial charge on any atom is 0.194 e. The van der Waals surface area contributed by atoms with Crippen molar-refractivity contribution in [2.45, 2.75) is 33.2 Å². The molecule has 1 heterocycles. The highest BCUT2D eigenvalue weighted by atomic mass is 19.2. The van der Waals surface area contributed by atoms with Gasteiger partial charge in [-0.3, -0.25) is 0 Å². The van der Waals surface area contributed by atoms with Gasteiger partial charge in [-0.25, -0.2) is 18.2 Å². The number of rotatable bonds is 4. The Bertz CT molecular complexity index is 612. The lowest BCUT2D eigenvalue weighted by Gasteiger charge is -2.07. The average molecular weight is 283 g/mol. The summed E-state index contributed by atoms with van der Waals surface area (Å²) in [7, 11) is 0. The van der Waals surface area contributed by atoms with E-state index < -0.39 is 17.5 Å². The molecule has 2 rings (SSSR count). The van der Waals surface area contributed by atoms with Gasteiger partial charge in [0.2, 0.25) is 0 Å². The molecule has 0 aliphatic carbocycles. The fraction of sp³-hybridized carbons (Fsp3) is 0.357. The average Bonchev–Trinajstić information content (AvgIpc) is 2.73. The molecule has 108 valence electrons. The van der Waals surface area contributed by atoms with E-state index in [0.717, 1.165) is 24.4 Å². The Labute approximate surface area is 115 Å². The number of nitrogens with zero attached hydrogens (tertiary/aromatic N) is 2. The molecular formula is C14H16F3N3. The van der Waals surface area contributed by atoms with Crippen LogP contribution >= 0.6 is 0 Å². The topological polar surface area (TPSA) is 43.8 Å². The number of aryl methyl sites for hydroxylation is 1. The Kier molecular flexibility index (Phi) is 4.01. The second-order valence-electron chi connectivity index (χ2n) is 4.52. The number of halogens is 3. The molecular weight excluding hydrogens is 267 g/mol. The number of aromatic nitrogens is 2. The minimum absolute atomic E-state index is 0.142. The number of benzene rings is 1. The summed E-state index contributed by atoms with van der Waals surface area (Å²) in [4.78, 5) is 4.31. The van der Waals surface area contributed by atoms with Crippen LogP contribution in [0.25, 0.3) is 11.3 Å². The van der Waals surface area contributed by atoms with Crippen LogP contribution in [0, 0.1) is 17.5 Å². The van der Waals surface area contributed by atoms with Crippen LogP contribution in [0.5, 0.6) is 0 Å². The first-order chi connectivity index (χ1) is 9.49. The molecule has 2 aromatic rings. The van der Waals surface area contributed by atoms with Crippen LogP contribution < -0.4 is 5.73 Å². The summed E-state index contributed by atoms with van der Waals surface area (Å²) in [6.45, 7) is 4.59. The van der Waals surface area contributed by atoms with Crippen molar-refractivity contribution in [2.75, 3.05) is 5.73 Å². The summed E-state index contributed by atoms with van der Waals surface area (Å²) in [5.74, 6) is -2.90. The molecule has 0 fully saturated rings. The smallest absolute Gasteiger partial charge is 0.194 e. The van der Waals surface area contributed by atoms with Gasteiger partial charge in [-0.1, -0.05) is 13.8 Å². The van der Waals surface area contributed by atoms with Gasteiger partial charge in [0.05, 0.1) is 0 Å². The van der Waals surface area contributed by atoms with Crippen molar-refractivity contribution >= 4 is 5.82 Å². The lowest BCUT2D eigenvalue weighted by atomic mass is 10.1. The molecule has 0 aliphatic heterocycles. The van der Waals surface area contributed by atoms with E-state index in [1.165, 1.54) is 0 Å². The lowest BCUT2D eigenvalue weighted by molar-refractivity contribution is 0.447.